The van der Waals surface area contributed by atoms with Gasteiger partial charge in [0.15, 0.2) is 6.61 Å². The summed E-state index contributed by atoms with van der Waals surface area (Å²) in [7, 11) is 0. The largest absolute Gasteiger partial charge is 0.466 e. The van der Waals surface area contributed by atoms with Crippen LogP contribution < -0.4 is 0 Å². The van der Waals surface area contributed by atoms with Gasteiger partial charge in [0.2, 0.25) is 11.8 Å². The summed E-state index contributed by atoms with van der Waals surface area (Å²) in [5, 5.41) is -0.402. The van der Waals surface area contributed by atoms with Gasteiger partial charge in [-0.25, -0.2) is 4.79 Å². The smallest absolute Gasteiger partial charge is 0.330 e. The van der Waals surface area contributed by atoms with Crippen LogP contribution in [0.5, 0.6) is 0 Å². The molecule has 0 aliphatic carbocycles. The number of hydrogen-bond acceptors (Lipinski definition) is 7. The van der Waals surface area contributed by atoms with Gasteiger partial charge in [-0.15, -0.1) is 11.8 Å². The second kappa shape index (κ2) is 7.30. The van der Waals surface area contributed by atoms with Crippen molar-refractivity contribution in [2.75, 3.05) is 18.9 Å². The van der Waals surface area contributed by atoms with E-state index in [0.29, 0.717) is 30.9 Å². The number of amides is 3. The van der Waals surface area contributed by atoms with E-state index in [-0.39, 0.29) is 11.8 Å². The molecule has 3 rings (SSSR count). The Kier molecular flexibility index (Phi) is 5.12. The summed E-state index contributed by atoms with van der Waals surface area (Å²) in [5.41, 5.74) is 0. The first-order valence-electron chi connectivity index (χ1n) is 7.92. The van der Waals surface area contributed by atoms with Crippen molar-refractivity contribution in [2.24, 2.45) is 0 Å². The molecule has 25 heavy (non-hydrogen) atoms. The third-order valence-electron chi connectivity index (χ3n) is 4.14. The first-order chi connectivity index (χ1) is 12.0. The van der Waals surface area contributed by atoms with E-state index in [1.54, 1.807) is 12.1 Å². The lowest BCUT2D eigenvalue weighted by Gasteiger charge is -2.26. The highest BCUT2D eigenvalue weighted by Crippen LogP contribution is 2.41. The summed E-state index contributed by atoms with van der Waals surface area (Å²) >= 11 is 1.39. The van der Waals surface area contributed by atoms with E-state index >= 15 is 0 Å². The lowest BCUT2D eigenvalue weighted by molar-refractivity contribution is -0.159. The average molecular weight is 366 g/mol. The van der Waals surface area contributed by atoms with Crippen molar-refractivity contribution in [1.29, 1.82) is 0 Å². The Hall–Kier alpha value is -2.29. The number of imide groups is 1. The molecule has 2 aliphatic heterocycles. The zero-order chi connectivity index (χ0) is 18.0. The minimum atomic E-state index is -0.792. The molecule has 2 aliphatic rings. The summed E-state index contributed by atoms with van der Waals surface area (Å²) in [6.07, 6.45) is 2.47. The number of carbonyl (C=O) groups excluding carboxylic acids is 4. The van der Waals surface area contributed by atoms with E-state index in [4.69, 9.17) is 9.15 Å². The van der Waals surface area contributed by atoms with Crippen LogP contribution in [-0.2, 0) is 23.9 Å². The number of rotatable bonds is 4. The number of ether oxygens (including phenoxy) is 1. The standard InChI is InChI=1S/C16H18N2O6S/c1-10(19)18-11(9-25-15(18)12-4-3-7-23-12)16(22)24-8-14(21)17-6-2-5-13(17)20/h3-4,7,11,15H,2,5-6,8-9H2,1H3/t11-,15+/m0/s1. The van der Waals surface area contributed by atoms with Gasteiger partial charge in [0, 0.05) is 25.6 Å². The number of nitrogens with zero attached hydrogens (tertiary/aromatic N) is 2. The molecule has 3 amide bonds. The van der Waals surface area contributed by atoms with E-state index in [9.17, 15) is 19.2 Å². The first kappa shape index (κ1) is 17.5. The Morgan fingerprint density at radius 1 is 1.40 bits per heavy atom. The van der Waals surface area contributed by atoms with Gasteiger partial charge in [0.25, 0.3) is 5.91 Å². The average Bonchev–Trinajstić information content (AvgIpc) is 3.30. The minimum absolute atomic E-state index is 0.249. The molecule has 0 bridgehead atoms. The third kappa shape index (κ3) is 3.55. The lowest BCUT2D eigenvalue weighted by Crippen LogP contribution is -2.44. The maximum Gasteiger partial charge on any atom is 0.330 e. The number of carbonyl (C=O) groups is 4. The quantitative estimate of drug-likeness (QED) is 0.731. The number of hydrogen-bond donors (Lipinski definition) is 0. The van der Waals surface area contributed by atoms with Gasteiger partial charge < -0.3 is 14.1 Å². The molecule has 0 N–H and O–H groups in total. The number of furan rings is 1. The van der Waals surface area contributed by atoms with Crippen molar-refractivity contribution in [3.05, 3.63) is 24.2 Å². The van der Waals surface area contributed by atoms with Crippen molar-refractivity contribution in [1.82, 2.24) is 9.80 Å². The molecule has 1 aromatic heterocycles. The van der Waals surface area contributed by atoms with Gasteiger partial charge in [-0.2, -0.15) is 0 Å². The molecule has 8 nitrogen and oxygen atoms in total. The maximum absolute atomic E-state index is 12.4. The normalized spacial score (nSPS) is 23.2. The van der Waals surface area contributed by atoms with E-state index < -0.39 is 29.9 Å². The molecule has 2 fully saturated rings. The molecule has 3 heterocycles. The zero-order valence-electron chi connectivity index (χ0n) is 13.7. The molecule has 0 aromatic carbocycles. The third-order valence-corrected chi connectivity index (χ3v) is 5.42. The second-order valence-corrected chi connectivity index (χ2v) is 6.91. The van der Waals surface area contributed by atoms with Crippen LogP contribution >= 0.6 is 11.8 Å². The van der Waals surface area contributed by atoms with Crippen LogP contribution in [0.25, 0.3) is 0 Å². The summed E-state index contributed by atoms with van der Waals surface area (Å²) in [6.45, 7) is 1.23. The van der Waals surface area contributed by atoms with Crippen LogP contribution in [0, 0.1) is 0 Å². The fourth-order valence-corrected chi connectivity index (χ4v) is 4.36. The highest BCUT2D eigenvalue weighted by atomic mass is 32.2. The maximum atomic E-state index is 12.4. The van der Waals surface area contributed by atoms with Crippen LogP contribution in [-0.4, -0.2) is 58.4 Å². The van der Waals surface area contributed by atoms with Gasteiger partial charge in [-0.1, -0.05) is 0 Å². The fourth-order valence-electron chi connectivity index (χ4n) is 2.94. The van der Waals surface area contributed by atoms with Crippen molar-refractivity contribution >= 4 is 35.5 Å². The van der Waals surface area contributed by atoms with Gasteiger partial charge in [0.1, 0.15) is 17.2 Å². The van der Waals surface area contributed by atoms with Crippen LogP contribution in [0.2, 0.25) is 0 Å². The Morgan fingerprint density at radius 3 is 2.80 bits per heavy atom. The van der Waals surface area contributed by atoms with Gasteiger partial charge in [-0.3, -0.25) is 19.3 Å². The Bertz CT molecular complexity index is 689. The minimum Gasteiger partial charge on any atom is -0.466 e. The summed E-state index contributed by atoms with van der Waals surface area (Å²) in [4.78, 5) is 50.4. The molecule has 2 saturated heterocycles. The molecule has 0 radical (unpaired) electrons. The van der Waals surface area contributed by atoms with Crippen LogP contribution in [0.1, 0.15) is 30.9 Å². The van der Waals surface area contributed by atoms with Gasteiger partial charge in [0.05, 0.1) is 6.26 Å². The summed E-state index contributed by atoms with van der Waals surface area (Å²) in [6, 6.07) is 2.66. The van der Waals surface area contributed by atoms with Gasteiger partial charge >= 0.3 is 5.97 Å². The molecule has 9 heteroatoms. The topological polar surface area (TPSA) is 97.1 Å². The van der Waals surface area contributed by atoms with Crippen molar-refractivity contribution in [3.63, 3.8) is 0 Å². The molecular formula is C16H18N2O6S. The number of esters is 1. The highest BCUT2D eigenvalue weighted by Gasteiger charge is 2.43. The van der Waals surface area contributed by atoms with Gasteiger partial charge in [-0.05, 0) is 18.6 Å². The monoisotopic (exact) mass is 366 g/mol. The Morgan fingerprint density at radius 2 is 2.20 bits per heavy atom. The van der Waals surface area contributed by atoms with Crippen molar-refractivity contribution < 1.29 is 28.3 Å². The number of thioether (sulfide) groups is 1. The zero-order valence-corrected chi connectivity index (χ0v) is 14.5. The molecule has 0 unspecified atom stereocenters. The molecular weight excluding hydrogens is 348 g/mol. The lowest BCUT2D eigenvalue weighted by atomic mass is 10.2. The van der Waals surface area contributed by atoms with E-state index in [1.165, 1.54) is 29.8 Å². The van der Waals surface area contributed by atoms with E-state index in [0.717, 1.165) is 4.90 Å². The fraction of sp³-hybridized carbons (Fsp3) is 0.500. The molecule has 0 spiro atoms. The predicted octanol–water partition coefficient (Wildman–Crippen LogP) is 0.934. The van der Waals surface area contributed by atoms with E-state index in [1.807, 2.05) is 0 Å². The Balaban J connectivity index is 1.62. The first-order valence-corrected chi connectivity index (χ1v) is 8.97. The summed E-state index contributed by atoms with van der Waals surface area (Å²) in [5.74, 6) is -0.791. The van der Waals surface area contributed by atoms with Crippen LogP contribution in [0.3, 0.4) is 0 Å². The SMILES string of the molecule is CC(=O)N1[C@@H](c2ccco2)SC[C@H]1C(=O)OCC(=O)N1CCCC1=O. The van der Waals surface area contributed by atoms with Crippen molar-refractivity contribution in [2.45, 2.75) is 31.2 Å². The molecule has 2 atom stereocenters. The Labute approximate surface area is 148 Å². The van der Waals surface area contributed by atoms with E-state index in [2.05, 4.69) is 0 Å². The molecule has 134 valence electrons. The second-order valence-electron chi connectivity index (χ2n) is 5.79. The van der Waals surface area contributed by atoms with Crippen LogP contribution in [0.15, 0.2) is 22.8 Å². The predicted molar refractivity (Wildman–Crippen MR) is 87.1 cm³/mol. The highest BCUT2D eigenvalue weighted by molar-refractivity contribution is 7.99. The number of likely N-dealkylation sites (tertiary alicyclic amines) is 1. The van der Waals surface area contributed by atoms with Crippen LogP contribution in [0.4, 0.5) is 0 Å². The molecule has 0 saturated carbocycles. The van der Waals surface area contributed by atoms with Crippen molar-refractivity contribution in [3.8, 4) is 0 Å². The molecule has 1 aromatic rings. The summed E-state index contributed by atoms with van der Waals surface area (Å²) < 4.78 is 10.4.